The second-order valence-electron chi connectivity index (χ2n) is 7.26. The Morgan fingerprint density at radius 3 is 2.60 bits per heavy atom. The molecular formula is C22H23N7O. The highest BCUT2D eigenvalue weighted by atomic mass is 16.2. The van der Waals surface area contributed by atoms with E-state index in [1.807, 2.05) is 68.8 Å². The van der Waals surface area contributed by atoms with Crippen molar-refractivity contribution in [2.45, 2.75) is 34.2 Å². The van der Waals surface area contributed by atoms with Crippen molar-refractivity contribution in [1.82, 2.24) is 30.0 Å². The molecule has 0 radical (unpaired) electrons. The lowest BCUT2D eigenvalue weighted by Crippen LogP contribution is -2.21. The van der Waals surface area contributed by atoms with Crippen molar-refractivity contribution in [3.05, 3.63) is 71.3 Å². The highest BCUT2D eigenvalue weighted by molar-refractivity contribution is 6.07. The first-order chi connectivity index (χ1) is 14.4. The zero-order valence-corrected chi connectivity index (χ0v) is 17.4. The molecule has 0 aliphatic rings. The number of carbonyl (C=O) groups is 1. The predicted octanol–water partition coefficient (Wildman–Crippen LogP) is 3.35. The predicted molar refractivity (Wildman–Crippen MR) is 116 cm³/mol. The molecule has 0 atom stereocenters. The number of fused-ring (bicyclic) bond motifs is 1. The van der Waals surface area contributed by atoms with E-state index in [0.29, 0.717) is 17.8 Å². The largest absolute Gasteiger partial charge is 0.272 e. The van der Waals surface area contributed by atoms with Gasteiger partial charge in [-0.05, 0) is 52.0 Å². The Bertz CT molecular complexity index is 1250. The molecule has 152 valence electrons. The maximum atomic E-state index is 13.0. The van der Waals surface area contributed by atoms with Crippen LogP contribution in [0.2, 0.25) is 0 Å². The van der Waals surface area contributed by atoms with Gasteiger partial charge in [-0.1, -0.05) is 18.2 Å². The molecule has 1 aromatic carbocycles. The Balaban J connectivity index is 1.67. The van der Waals surface area contributed by atoms with E-state index >= 15 is 0 Å². The third-order valence-corrected chi connectivity index (χ3v) is 4.84. The first-order valence-electron chi connectivity index (χ1n) is 9.68. The number of amides is 1. The fraction of sp³-hybridized carbons (Fsp3) is 0.227. The van der Waals surface area contributed by atoms with Gasteiger partial charge in [-0.15, -0.1) is 0 Å². The number of benzene rings is 1. The maximum Gasteiger partial charge on any atom is 0.272 e. The highest BCUT2D eigenvalue weighted by Crippen LogP contribution is 2.24. The number of rotatable bonds is 5. The van der Waals surface area contributed by atoms with Gasteiger partial charge >= 0.3 is 0 Å². The van der Waals surface area contributed by atoms with Crippen LogP contribution in [0.15, 0.2) is 53.8 Å². The molecule has 3 aromatic heterocycles. The summed E-state index contributed by atoms with van der Waals surface area (Å²) in [7, 11) is 0. The van der Waals surface area contributed by atoms with Crippen LogP contribution in [0.1, 0.15) is 34.4 Å². The first kappa shape index (κ1) is 19.5. The molecule has 4 rings (SSSR count). The zero-order chi connectivity index (χ0) is 21.3. The third-order valence-electron chi connectivity index (χ3n) is 4.84. The standard InChI is InChI=1S/C22H23N7O/c1-14-12-19(22(30)26-25-15(2)13-28-16(3)10-11-23-28)20-17(4)27-29(21(20)24-14)18-8-6-5-7-9-18/h5-12H,13H2,1-4H3,(H,26,30)/b25-15+. The Hall–Kier alpha value is -3.81. The lowest BCUT2D eigenvalue weighted by Gasteiger charge is -2.07. The fourth-order valence-corrected chi connectivity index (χ4v) is 3.37. The normalized spacial score (nSPS) is 11.8. The van der Waals surface area contributed by atoms with Crippen LogP contribution in [0, 0.1) is 20.8 Å². The van der Waals surface area contributed by atoms with E-state index in [9.17, 15) is 4.79 Å². The van der Waals surface area contributed by atoms with Gasteiger partial charge in [0.1, 0.15) is 0 Å². The quantitative estimate of drug-likeness (QED) is 0.410. The number of nitrogens with one attached hydrogen (secondary N) is 1. The minimum absolute atomic E-state index is 0.294. The van der Waals surface area contributed by atoms with E-state index in [1.165, 1.54) is 0 Å². The Labute approximate surface area is 174 Å². The van der Waals surface area contributed by atoms with Gasteiger partial charge in [-0.2, -0.15) is 15.3 Å². The molecule has 8 heteroatoms. The highest BCUT2D eigenvalue weighted by Gasteiger charge is 2.19. The third kappa shape index (κ3) is 3.71. The molecule has 1 N–H and O–H groups in total. The Morgan fingerprint density at radius 2 is 1.90 bits per heavy atom. The zero-order valence-electron chi connectivity index (χ0n) is 17.4. The molecule has 0 spiro atoms. The molecule has 30 heavy (non-hydrogen) atoms. The van der Waals surface area contributed by atoms with Crippen molar-refractivity contribution in [2.24, 2.45) is 5.10 Å². The molecule has 0 fully saturated rings. The smallest absolute Gasteiger partial charge is 0.267 e. The van der Waals surface area contributed by atoms with Gasteiger partial charge in [0.25, 0.3) is 5.91 Å². The van der Waals surface area contributed by atoms with Crippen molar-refractivity contribution in [1.29, 1.82) is 0 Å². The second-order valence-corrected chi connectivity index (χ2v) is 7.26. The maximum absolute atomic E-state index is 13.0. The van der Waals surface area contributed by atoms with Gasteiger partial charge in [-0.25, -0.2) is 15.1 Å². The molecule has 4 aromatic rings. The van der Waals surface area contributed by atoms with Gasteiger partial charge in [0.15, 0.2) is 5.65 Å². The van der Waals surface area contributed by atoms with E-state index in [-0.39, 0.29) is 5.91 Å². The van der Waals surface area contributed by atoms with E-state index in [1.54, 1.807) is 16.9 Å². The van der Waals surface area contributed by atoms with Crippen molar-refractivity contribution < 1.29 is 4.79 Å². The monoisotopic (exact) mass is 401 g/mol. The number of nitrogens with zero attached hydrogens (tertiary/aromatic N) is 6. The van der Waals surface area contributed by atoms with E-state index in [0.717, 1.165) is 33.9 Å². The van der Waals surface area contributed by atoms with Crippen LogP contribution >= 0.6 is 0 Å². The number of aromatic nitrogens is 5. The first-order valence-corrected chi connectivity index (χ1v) is 9.68. The summed E-state index contributed by atoms with van der Waals surface area (Å²) < 4.78 is 3.59. The lowest BCUT2D eigenvalue weighted by atomic mass is 10.1. The number of aryl methyl sites for hydroxylation is 3. The molecule has 0 bridgehead atoms. The minimum atomic E-state index is -0.294. The average molecular weight is 401 g/mol. The molecule has 3 heterocycles. The lowest BCUT2D eigenvalue weighted by molar-refractivity contribution is 0.0956. The van der Waals surface area contributed by atoms with Crippen LogP contribution in [-0.4, -0.2) is 36.2 Å². The summed E-state index contributed by atoms with van der Waals surface area (Å²) in [6.45, 7) is 8.08. The summed E-state index contributed by atoms with van der Waals surface area (Å²) in [5, 5.41) is 13.8. The molecule has 8 nitrogen and oxygen atoms in total. The summed E-state index contributed by atoms with van der Waals surface area (Å²) in [4.78, 5) is 17.6. The van der Waals surface area contributed by atoms with Gasteiger partial charge in [0.05, 0.1) is 34.6 Å². The summed E-state index contributed by atoms with van der Waals surface area (Å²) >= 11 is 0. The molecule has 0 unspecified atom stereocenters. The molecule has 0 aliphatic heterocycles. The van der Waals surface area contributed by atoms with E-state index < -0.39 is 0 Å². The van der Waals surface area contributed by atoms with Crippen molar-refractivity contribution >= 4 is 22.7 Å². The minimum Gasteiger partial charge on any atom is -0.267 e. The van der Waals surface area contributed by atoms with Crippen LogP contribution in [0.5, 0.6) is 0 Å². The molecular weight excluding hydrogens is 378 g/mol. The van der Waals surface area contributed by atoms with Crippen molar-refractivity contribution in [3.63, 3.8) is 0 Å². The molecule has 0 aliphatic carbocycles. The number of carbonyl (C=O) groups excluding carboxylic acids is 1. The fourth-order valence-electron chi connectivity index (χ4n) is 3.37. The molecule has 0 saturated carbocycles. The number of hydrogen-bond acceptors (Lipinski definition) is 5. The topological polar surface area (TPSA) is 90.0 Å². The van der Waals surface area contributed by atoms with Crippen LogP contribution in [0.25, 0.3) is 16.7 Å². The van der Waals surface area contributed by atoms with Crippen LogP contribution < -0.4 is 5.43 Å². The summed E-state index contributed by atoms with van der Waals surface area (Å²) in [5.74, 6) is -0.294. The van der Waals surface area contributed by atoms with Gasteiger partial charge < -0.3 is 0 Å². The summed E-state index contributed by atoms with van der Waals surface area (Å²) in [5.41, 5.74) is 7.96. The number of hydrazone groups is 1. The SMILES string of the molecule is C/C(Cn1nccc1C)=N\NC(=O)c1cc(C)nc2c1c(C)nn2-c1ccccc1. The molecule has 0 saturated heterocycles. The second kappa shape index (κ2) is 7.90. The van der Waals surface area contributed by atoms with Gasteiger partial charge in [-0.3, -0.25) is 9.48 Å². The van der Waals surface area contributed by atoms with Crippen molar-refractivity contribution in [2.75, 3.05) is 0 Å². The number of para-hydroxylation sites is 1. The van der Waals surface area contributed by atoms with Gasteiger partial charge in [0.2, 0.25) is 0 Å². The van der Waals surface area contributed by atoms with Crippen molar-refractivity contribution in [3.8, 4) is 5.69 Å². The Kier molecular flexibility index (Phi) is 5.14. The summed E-state index contributed by atoms with van der Waals surface area (Å²) in [6.07, 6.45) is 1.74. The average Bonchev–Trinajstić information content (AvgIpc) is 3.29. The van der Waals surface area contributed by atoms with E-state index in [2.05, 4.69) is 25.7 Å². The van der Waals surface area contributed by atoms with E-state index in [4.69, 9.17) is 0 Å². The Morgan fingerprint density at radius 1 is 1.13 bits per heavy atom. The van der Waals surface area contributed by atoms with Gasteiger partial charge in [0, 0.05) is 17.6 Å². The molecule has 1 amide bonds. The number of hydrogen-bond donors (Lipinski definition) is 1. The van der Waals surface area contributed by atoms with Crippen LogP contribution in [-0.2, 0) is 6.54 Å². The number of pyridine rings is 1. The summed E-state index contributed by atoms with van der Waals surface area (Å²) in [6, 6.07) is 13.5. The van der Waals surface area contributed by atoms with Crippen LogP contribution in [0.3, 0.4) is 0 Å². The van der Waals surface area contributed by atoms with Crippen LogP contribution in [0.4, 0.5) is 0 Å².